The van der Waals surface area contributed by atoms with E-state index in [1.165, 1.54) is 18.4 Å². The second kappa shape index (κ2) is 11.2. The van der Waals surface area contributed by atoms with Crippen LogP contribution < -0.4 is 19.0 Å². The fraction of sp³-hybridized carbons (Fsp3) is 0.400. The van der Waals surface area contributed by atoms with Crippen molar-refractivity contribution in [1.82, 2.24) is 4.57 Å². The van der Waals surface area contributed by atoms with Gasteiger partial charge in [0.25, 0.3) is 5.91 Å². The third-order valence-corrected chi connectivity index (χ3v) is 6.21. The fourth-order valence-corrected chi connectivity index (χ4v) is 4.52. The van der Waals surface area contributed by atoms with Crippen molar-refractivity contribution in [3.05, 3.63) is 45.8 Å². The molecule has 9 heteroatoms. The number of methoxy groups -OCH3 is 1. The molecule has 8 nitrogen and oxygen atoms in total. The van der Waals surface area contributed by atoms with E-state index in [4.69, 9.17) is 18.9 Å². The van der Waals surface area contributed by atoms with Crippen molar-refractivity contribution in [2.24, 2.45) is 4.99 Å². The van der Waals surface area contributed by atoms with Gasteiger partial charge in [0, 0.05) is 5.56 Å². The van der Waals surface area contributed by atoms with Gasteiger partial charge in [-0.1, -0.05) is 11.3 Å². The molecular weight excluding hydrogens is 456 g/mol. The van der Waals surface area contributed by atoms with Crippen molar-refractivity contribution in [2.75, 3.05) is 26.9 Å². The van der Waals surface area contributed by atoms with Gasteiger partial charge in [-0.3, -0.25) is 9.59 Å². The number of carbonyl (C=O) groups excluding carboxylic acids is 2. The van der Waals surface area contributed by atoms with Crippen molar-refractivity contribution < 1.29 is 28.5 Å². The third-order valence-electron chi connectivity index (χ3n) is 5.17. The maximum absolute atomic E-state index is 13.3. The quantitative estimate of drug-likeness (QED) is 0.416. The van der Waals surface area contributed by atoms with E-state index in [9.17, 15) is 9.59 Å². The molecule has 0 unspecified atom stereocenters. The van der Waals surface area contributed by atoms with Gasteiger partial charge in [-0.05, 0) is 70.0 Å². The molecule has 0 fully saturated rings. The van der Waals surface area contributed by atoms with Gasteiger partial charge >= 0.3 is 5.97 Å². The van der Waals surface area contributed by atoms with Crippen LogP contribution in [0.3, 0.4) is 0 Å². The smallest absolute Gasteiger partial charge is 0.325 e. The predicted octanol–water partition coefficient (Wildman–Crippen LogP) is 4.43. The van der Waals surface area contributed by atoms with E-state index in [0.717, 1.165) is 21.3 Å². The minimum atomic E-state index is -0.483. The summed E-state index contributed by atoms with van der Waals surface area (Å²) < 4.78 is 24.7. The first-order valence-electron chi connectivity index (χ1n) is 11.2. The average Bonchev–Trinajstić information content (AvgIpc) is 3.11. The topological polar surface area (TPSA) is 88.4 Å². The molecule has 0 aliphatic heterocycles. The van der Waals surface area contributed by atoms with Crippen LogP contribution in [0.4, 0.5) is 0 Å². The number of hydrogen-bond donors (Lipinski definition) is 0. The number of amides is 1. The van der Waals surface area contributed by atoms with Gasteiger partial charge < -0.3 is 23.5 Å². The molecule has 0 atom stereocenters. The Morgan fingerprint density at radius 2 is 1.50 bits per heavy atom. The van der Waals surface area contributed by atoms with E-state index in [1.54, 1.807) is 16.7 Å². The van der Waals surface area contributed by atoms with Crippen LogP contribution in [0, 0.1) is 13.8 Å². The van der Waals surface area contributed by atoms with Gasteiger partial charge in [0.2, 0.25) is 5.75 Å². The van der Waals surface area contributed by atoms with Crippen LogP contribution in [0.1, 0.15) is 42.3 Å². The SMILES string of the molecule is CCOc1cc(C(=O)N=c2sc3cc(C)c(C)cc3n2CC(=O)OC)cc(OCC)c1OCC. The lowest BCUT2D eigenvalue weighted by molar-refractivity contribution is -0.141. The lowest BCUT2D eigenvalue weighted by Crippen LogP contribution is -2.22. The van der Waals surface area contributed by atoms with E-state index in [-0.39, 0.29) is 6.54 Å². The first-order chi connectivity index (χ1) is 16.3. The van der Waals surface area contributed by atoms with Gasteiger partial charge in [-0.2, -0.15) is 4.99 Å². The molecule has 1 heterocycles. The summed E-state index contributed by atoms with van der Waals surface area (Å²) in [6.45, 7) is 10.8. The highest BCUT2D eigenvalue weighted by molar-refractivity contribution is 7.16. The number of aryl methyl sites for hydroxylation is 2. The molecular formula is C25H30N2O6S. The largest absolute Gasteiger partial charge is 0.490 e. The van der Waals surface area contributed by atoms with Gasteiger partial charge in [-0.15, -0.1) is 0 Å². The standard InChI is InChI=1S/C25H30N2O6S/c1-7-31-19-12-17(13-20(32-8-2)23(19)33-9-3)24(29)26-25-27(14-22(28)30-6)18-10-15(4)16(5)11-21(18)34-25/h10-13H,7-9,14H2,1-6H3. The number of esters is 1. The van der Waals surface area contributed by atoms with Gasteiger partial charge in [0.1, 0.15) is 6.54 Å². The molecule has 1 aromatic heterocycles. The maximum Gasteiger partial charge on any atom is 0.325 e. The summed E-state index contributed by atoms with van der Waals surface area (Å²) in [5.74, 6) is 0.378. The zero-order valence-electron chi connectivity index (χ0n) is 20.4. The minimum Gasteiger partial charge on any atom is -0.490 e. The third kappa shape index (κ3) is 5.41. The van der Waals surface area contributed by atoms with Crippen LogP contribution in [0.15, 0.2) is 29.3 Å². The molecule has 3 aromatic rings. The molecule has 0 radical (unpaired) electrons. The van der Waals surface area contributed by atoms with Crippen LogP contribution in [0.2, 0.25) is 0 Å². The van der Waals surface area contributed by atoms with Crippen molar-refractivity contribution in [2.45, 2.75) is 41.2 Å². The number of aromatic nitrogens is 1. The predicted molar refractivity (Wildman–Crippen MR) is 131 cm³/mol. The molecule has 2 aromatic carbocycles. The first kappa shape index (κ1) is 25.3. The number of thiazole rings is 1. The monoisotopic (exact) mass is 486 g/mol. The van der Waals surface area contributed by atoms with Gasteiger partial charge in [-0.25, -0.2) is 0 Å². The van der Waals surface area contributed by atoms with Crippen molar-refractivity contribution in [1.29, 1.82) is 0 Å². The number of nitrogens with zero attached hydrogens (tertiary/aromatic N) is 2. The molecule has 0 bridgehead atoms. The molecule has 182 valence electrons. The Morgan fingerprint density at radius 1 is 0.912 bits per heavy atom. The van der Waals surface area contributed by atoms with Crippen LogP contribution in [0.25, 0.3) is 10.2 Å². The highest BCUT2D eigenvalue weighted by Gasteiger charge is 2.19. The van der Waals surface area contributed by atoms with Crippen molar-refractivity contribution in [3.63, 3.8) is 0 Å². The van der Waals surface area contributed by atoms with E-state index in [1.807, 2.05) is 46.8 Å². The van der Waals surface area contributed by atoms with Gasteiger partial charge in [0.05, 0.1) is 37.1 Å². The number of hydrogen-bond acceptors (Lipinski definition) is 7. The van der Waals surface area contributed by atoms with Crippen LogP contribution in [-0.4, -0.2) is 43.4 Å². The summed E-state index contributed by atoms with van der Waals surface area (Å²) in [5, 5.41) is 0. The number of carbonyl (C=O) groups is 2. The van der Waals surface area contributed by atoms with E-state index in [2.05, 4.69) is 4.99 Å². The molecule has 0 N–H and O–H groups in total. The number of fused-ring (bicyclic) bond motifs is 1. The maximum atomic E-state index is 13.3. The summed E-state index contributed by atoms with van der Waals surface area (Å²) >= 11 is 1.34. The average molecular weight is 487 g/mol. The highest BCUT2D eigenvalue weighted by atomic mass is 32.1. The fourth-order valence-electron chi connectivity index (χ4n) is 3.42. The second-order valence-corrected chi connectivity index (χ2v) is 8.48. The molecule has 0 saturated heterocycles. The summed E-state index contributed by atoms with van der Waals surface area (Å²) in [5.41, 5.74) is 3.31. The summed E-state index contributed by atoms with van der Waals surface area (Å²) in [6, 6.07) is 7.24. The Hall–Kier alpha value is -3.33. The minimum absolute atomic E-state index is 0.0528. The lowest BCUT2D eigenvalue weighted by Gasteiger charge is -2.16. The Bertz CT molecular complexity index is 1250. The second-order valence-electron chi connectivity index (χ2n) is 7.47. The summed E-state index contributed by atoms with van der Waals surface area (Å²) in [4.78, 5) is 30.2. The Balaban J connectivity index is 2.17. The highest BCUT2D eigenvalue weighted by Crippen LogP contribution is 2.39. The molecule has 0 aliphatic rings. The first-order valence-corrected chi connectivity index (χ1v) is 12.0. The van der Waals surface area contributed by atoms with E-state index < -0.39 is 11.9 Å². The molecule has 34 heavy (non-hydrogen) atoms. The Labute approximate surface area is 202 Å². The summed E-state index contributed by atoms with van der Waals surface area (Å²) in [6.07, 6.45) is 0. The molecule has 0 aliphatic carbocycles. The van der Waals surface area contributed by atoms with E-state index in [0.29, 0.717) is 47.4 Å². The zero-order valence-corrected chi connectivity index (χ0v) is 21.2. The number of rotatable bonds is 9. The Kier molecular flexibility index (Phi) is 8.33. The molecule has 0 spiro atoms. The number of benzene rings is 2. The zero-order chi connectivity index (χ0) is 24.8. The normalized spacial score (nSPS) is 11.5. The number of ether oxygens (including phenoxy) is 4. The molecule has 3 rings (SSSR count). The lowest BCUT2D eigenvalue weighted by atomic mass is 10.1. The molecule has 1 amide bonds. The van der Waals surface area contributed by atoms with E-state index >= 15 is 0 Å². The summed E-state index contributed by atoms with van der Waals surface area (Å²) in [7, 11) is 1.33. The van der Waals surface area contributed by atoms with Crippen LogP contribution >= 0.6 is 11.3 Å². The van der Waals surface area contributed by atoms with Crippen molar-refractivity contribution in [3.8, 4) is 17.2 Å². The van der Waals surface area contributed by atoms with Gasteiger partial charge in [0.15, 0.2) is 16.3 Å². The van der Waals surface area contributed by atoms with Crippen molar-refractivity contribution >= 4 is 33.4 Å². The van der Waals surface area contributed by atoms with Crippen LogP contribution in [0.5, 0.6) is 17.2 Å². The Morgan fingerprint density at radius 3 is 2.06 bits per heavy atom. The van der Waals surface area contributed by atoms with Crippen LogP contribution in [-0.2, 0) is 16.1 Å². The molecule has 0 saturated carbocycles.